The fraction of sp³-hybridized carbons (Fsp3) is 0.200. The number of para-hydroxylation sites is 1. The summed E-state index contributed by atoms with van der Waals surface area (Å²) in [7, 11) is -8.76. The Balaban J connectivity index is 0.00000441. The molecule has 0 aromatic heterocycles. The topological polar surface area (TPSA) is 161 Å². The van der Waals surface area contributed by atoms with Gasteiger partial charge in [-0.05, 0) is 67.8 Å². The molecule has 11 nitrogen and oxygen atoms in total. The maximum atomic E-state index is 13.2. The first-order chi connectivity index (χ1) is 18.3. The van der Waals surface area contributed by atoms with Crippen LogP contribution in [0.3, 0.4) is 0 Å². The molecule has 1 aliphatic heterocycles. The molecule has 3 aromatic carbocycles. The molecule has 40 heavy (non-hydrogen) atoms. The molecule has 1 amide bonds. The first kappa shape index (κ1) is 31.9. The van der Waals surface area contributed by atoms with Crippen molar-refractivity contribution in [3.05, 3.63) is 76.8 Å². The van der Waals surface area contributed by atoms with Crippen molar-refractivity contribution in [3.63, 3.8) is 0 Å². The average molecular weight is 612 g/mol. The number of sulfonamides is 1. The van der Waals surface area contributed by atoms with E-state index in [4.69, 9.17) is 11.6 Å². The van der Waals surface area contributed by atoms with Gasteiger partial charge >= 0.3 is 29.6 Å². The van der Waals surface area contributed by atoms with Crippen molar-refractivity contribution in [1.29, 1.82) is 0 Å². The van der Waals surface area contributed by atoms with Gasteiger partial charge in [-0.1, -0.05) is 42.8 Å². The Hall–Kier alpha value is -2.65. The van der Waals surface area contributed by atoms with Gasteiger partial charge in [0, 0.05) is 0 Å². The van der Waals surface area contributed by atoms with Crippen molar-refractivity contribution in [2.24, 2.45) is 15.3 Å². The smallest absolute Gasteiger partial charge is 0.744 e. The number of azo groups is 1. The number of benzene rings is 3. The van der Waals surface area contributed by atoms with Gasteiger partial charge in [0.05, 0.1) is 37.6 Å². The van der Waals surface area contributed by atoms with Crippen molar-refractivity contribution in [2.75, 3.05) is 9.73 Å². The van der Waals surface area contributed by atoms with Crippen molar-refractivity contribution in [3.8, 4) is 0 Å². The Bertz CT molecular complexity index is 1750. The summed E-state index contributed by atoms with van der Waals surface area (Å²) in [5.74, 6) is -0.684. The van der Waals surface area contributed by atoms with E-state index in [1.165, 1.54) is 19.1 Å². The number of carbonyl (C=O) groups excluding carboxylic acids is 1. The second-order valence-corrected chi connectivity index (χ2v) is 12.1. The third-order valence-electron chi connectivity index (χ3n) is 5.92. The van der Waals surface area contributed by atoms with E-state index >= 15 is 0 Å². The molecule has 0 radical (unpaired) electrons. The number of hydrazone groups is 1. The summed E-state index contributed by atoms with van der Waals surface area (Å²) >= 11 is 6.14. The third kappa shape index (κ3) is 6.79. The predicted octanol–water partition coefficient (Wildman–Crippen LogP) is 1.79. The van der Waals surface area contributed by atoms with Crippen LogP contribution >= 0.6 is 11.6 Å². The first-order valence-corrected chi connectivity index (χ1v) is 14.9. The molecule has 3 aromatic rings. The van der Waals surface area contributed by atoms with Crippen LogP contribution < -0.4 is 39.3 Å². The monoisotopic (exact) mass is 611 g/mol. The summed E-state index contributed by atoms with van der Waals surface area (Å²) in [6.45, 7) is 5.09. The quantitative estimate of drug-likeness (QED) is 0.232. The molecule has 1 atom stereocenters. The van der Waals surface area contributed by atoms with Gasteiger partial charge < -0.3 is 4.55 Å². The molecular weight excluding hydrogens is 589 g/mol. The Morgan fingerprint density at radius 1 is 1.05 bits per heavy atom. The number of rotatable bonds is 8. The fourth-order valence-electron chi connectivity index (χ4n) is 3.86. The summed E-state index contributed by atoms with van der Waals surface area (Å²) in [6, 6.07) is 13.6. The Kier molecular flexibility index (Phi) is 9.94. The molecule has 0 saturated heterocycles. The van der Waals surface area contributed by atoms with Crippen LogP contribution in [0.1, 0.15) is 25.0 Å². The summed E-state index contributed by atoms with van der Waals surface area (Å²) in [5.41, 5.74) is 2.11. The standard InChI is InChI=1S/C25H24ClN5O6S2.Na/c1-4-17-7-5-6-8-21(17)30-38(33,34)23-13-18(10-9-15(23)2)27-28-24-16(3)29-31(25(24)32)22-14-19(39(35,36)37)11-12-20(22)26;/h5-14,24,30H,4H2,1-3H3,(H,35,36,37);/q;+1/p-1/t24-;/m0./s1. The molecule has 0 spiro atoms. The maximum Gasteiger partial charge on any atom is 1.00 e. The zero-order valence-electron chi connectivity index (χ0n) is 22.0. The Morgan fingerprint density at radius 2 is 1.75 bits per heavy atom. The molecule has 0 aliphatic carbocycles. The van der Waals surface area contributed by atoms with Crippen LogP contribution in [0.15, 0.2) is 85.8 Å². The zero-order valence-corrected chi connectivity index (χ0v) is 26.4. The van der Waals surface area contributed by atoms with Gasteiger partial charge in [-0.15, -0.1) is 0 Å². The van der Waals surface area contributed by atoms with E-state index in [0.29, 0.717) is 17.7 Å². The number of amides is 1. The van der Waals surface area contributed by atoms with Crippen LogP contribution in [0.2, 0.25) is 5.02 Å². The Morgan fingerprint density at radius 3 is 2.42 bits per heavy atom. The van der Waals surface area contributed by atoms with E-state index in [1.807, 2.05) is 19.1 Å². The molecule has 0 fully saturated rings. The molecule has 204 valence electrons. The van der Waals surface area contributed by atoms with Crippen molar-refractivity contribution >= 4 is 60.4 Å². The van der Waals surface area contributed by atoms with E-state index in [-0.39, 0.29) is 56.6 Å². The van der Waals surface area contributed by atoms with Crippen LogP contribution in [0.4, 0.5) is 17.1 Å². The molecule has 15 heteroatoms. The van der Waals surface area contributed by atoms with Crippen LogP contribution in [0.25, 0.3) is 0 Å². The molecule has 0 unspecified atom stereocenters. The van der Waals surface area contributed by atoms with Gasteiger partial charge in [-0.3, -0.25) is 9.52 Å². The second-order valence-electron chi connectivity index (χ2n) is 8.64. The summed E-state index contributed by atoms with van der Waals surface area (Å²) in [4.78, 5) is 12.5. The SMILES string of the molecule is CCc1ccccc1NS(=O)(=O)c1cc(N=N[C@@H]2C(=O)N(c3cc(S(=O)(=O)[O-])ccc3Cl)N=C2C)ccc1C.[Na+]. The van der Waals surface area contributed by atoms with Gasteiger partial charge in [0.25, 0.3) is 15.9 Å². The molecule has 1 N–H and O–H groups in total. The van der Waals surface area contributed by atoms with Gasteiger partial charge in [-0.2, -0.15) is 20.3 Å². The number of hydrogen-bond acceptors (Lipinski definition) is 9. The number of aryl methyl sites for hydroxylation is 2. The van der Waals surface area contributed by atoms with Crippen molar-refractivity contribution in [2.45, 2.75) is 43.0 Å². The van der Waals surface area contributed by atoms with Crippen LogP contribution in [0.5, 0.6) is 0 Å². The van der Waals surface area contributed by atoms with E-state index < -0.39 is 37.0 Å². The van der Waals surface area contributed by atoms with Crippen molar-refractivity contribution in [1.82, 2.24) is 0 Å². The Labute approximate surface area is 259 Å². The maximum absolute atomic E-state index is 13.2. The molecule has 4 rings (SSSR count). The van der Waals surface area contributed by atoms with Gasteiger partial charge in [0.2, 0.25) is 0 Å². The van der Waals surface area contributed by atoms with E-state index in [9.17, 15) is 26.2 Å². The summed E-state index contributed by atoms with van der Waals surface area (Å²) in [5, 5.41) is 13.1. The molecular formula is C25H23ClN5NaO6S2. The number of nitrogens with one attached hydrogen (secondary N) is 1. The molecule has 0 bridgehead atoms. The minimum absolute atomic E-state index is 0. The van der Waals surface area contributed by atoms with E-state index in [1.54, 1.807) is 31.2 Å². The minimum atomic E-state index is -4.80. The van der Waals surface area contributed by atoms with Crippen LogP contribution in [-0.4, -0.2) is 39.0 Å². The van der Waals surface area contributed by atoms with Gasteiger partial charge in [0.1, 0.15) is 10.1 Å². The minimum Gasteiger partial charge on any atom is -0.744 e. The number of carbonyl (C=O) groups is 1. The predicted molar refractivity (Wildman–Crippen MR) is 146 cm³/mol. The zero-order chi connectivity index (χ0) is 28.5. The van der Waals surface area contributed by atoms with Crippen molar-refractivity contribution < 1.29 is 55.7 Å². The molecule has 0 saturated carbocycles. The second kappa shape index (κ2) is 12.5. The summed E-state index contributed by atoms with van der Waals surface area (Å²) < 4.78 is 63.3. The number of halogens is 1. The summed E-state index contributed by atoms with van der Waals surface area (Å²) in [6.07, 6.45) is 0.640. The van der Waals surface area contributed by atoms with Gasteiger partial charge in [-0.25, -0.2) is 16.8 Å². The fourth-order valence-corrected chi connectivity index (χ4v) is 5.92. The molecule has 1 heterocycles. The number of anilines is 2. The van der Waals surface area contributed by atoms with E-state index in [0.717, 1.165) is 22.7 Å². The van der Waals surface area contributed by atoms with Crippen LogP contribution in [-0.2, 0) is 31.4 Å². The number of nitrogens with zero attached hydrogens (tertiary/aromatic N) is 4. The average Bonchev–Trinajstić information content (AvgIpc) is 3.15. The van der Waals surface area contributed by atoms with Gasteiger partial charge in [0.15, 0.2) is 6.04 Å². The normalized spacial score (nSPS) is 15.7. The van der Waals surface area contributed by atoms with Crippen LogP contribution in [0, 0.1) is 6.92 Å². The largest absolute Gasteiger partial charge is 1.00 e. The first-order valence-electron chi connectivity index (χ1n) is 11.6. The van der Waals surface area contributed by atoms with E-state index in [2.05, 4.69) is 20.1 Å². The third-order valence-corrected chi connectivity index (χ3v) is 8.58. The molecule has 1 aliphatic rings. The number of hydrogen-bond donors (Lipinski definition) is 1.